The Bertz CT molecular complexity index is 460. The first-order valence-corrected chi connectivity index (χ1v) is 7.64. The smallest absolute Gasteiger partial charge is 0.276 e. The van der Waals surface area contributed by atoms with Crippen molar-refractivity contribution >= 4 is 11.6 Å². The molecule has 0 atom stereocenters. The van der Waals surface area contributed by atoms with Crippen LogP contribution in [0.5, 0.6) is 0 Å². The summed E-state index contributed by atoms with van der Waals surface area (Å²) >= 11 is 0. The normalized spacial score (nSPS) is 22.8. The van der Waals surface area contributed by atoms with Gasteiger partial charge in [0.1, 0.15) is 0 Å². The second-order valence-corrected chi connectivity index (χ2v) is 6.04. The second kappa shape index (κ2) is 6.29. The Hall–Kier alpha value is -1.52. The minimum atomic E-state index is -0.0549. The third-order valence-corrected chi connectivity index (χ3v) is 4.44. The molecule has 20 heavy (non-hydrogen) atoms. The van der Waals surface area contributed by atoms with Gasteiger partial charge in [0.05, 0.1) is 11.4 Å². The lowest BCUT2D eigenvalue weighted by molar-refractivity contribution is 0.0674. The van der Waals surface area contributed by atoms with Crippen molar-refractivity contribution < 1.29 is 4.79 Å². The molecule has 5 heteroatoms. The van der Waals surface area contributed by atoms with E-state index in [9.17, 15) is 4.79 Å². The summed E-state index contributed by atoms with van der Waals surface area (Å²) in [7, 11) is 1.87. The number of aromatic amines is 1. The van der Waals surface area contributed by atoms with Crippen LogP contribution < -0.4 is 5.73 Å². The number of carbonyl (C=O) groups excluding carboxylic acids is 1. The molecule has 1 fully saturated rings. The summed E-state index contributed by atoms with van der Waals surface area (Å²) < 4.78 is 0. The maximum Gasteiger partial charge on any atom is 0.276 e. The van der Waals surface area contributed by atoms with E-state index in [2.05, 4.69) is 24.0 Å². The van der Waals surface area contributed by atoms with Gasteiger partial charge in [0.15, 0.2) is 5.69 Å². The number of carbonyl (C=O) groups is 1. The predicted octanol–water partition coefficient (Wildman–Crippen LogP) is 2.60. The molecule has 1 heterocycles. The van der Waals surface area contributed by atoms with Gasteiger partial charge in [-0.3, -0.25) is 9.89 Å². The molecule has 0 aromatic carbocycles. The van der Waals surface area contributed by atoms with E-state index in [1.165, 1.54) is 12.8 Å². The van der Waals surface area contributed by atoms with E-state index in [-0.39, 0.29) is 5.91 Å². The van der Waals surface area contributed by atoms with E-state index >= 15 is 0 Å². The lowest BCUT2D eigenvalue weighted by Gasteiger charge is -2.33. The van der Waals surface area contributed by atoms with E-state index in [0.717, 1.165) is 37.3 Å². The van der Waals surface area contributed by atoms with Gasteiger partial charge in [0.25, 0.3) is 5.91 Å². The van der Waals surface area contributed by atoms with Crippen molar-refractivity contribution in [3.05, 3.63) is 11.4 Å². The summed E-state index contributed by atoms with van der Waals surface area (Å²) in [5.74, 6) is 0.724. The van der Waals surface area contributed by atoms with Crippen molar-refractivity contribution in [2.45, 2.75) is 58.4 Å². The van der Waals surface area contributed by atoms with Gasteiger partial charge in [0, 0.05) is 13.1 Å². The second-order valence-electron chi connectivity index (χ2n) is 6.04. The number of hydrogen-bond acceptors (Lipinski definition) is 3. The van der Waals surface area contributed by atoms with Crippen molar-refractivity contribution in [1.29, 1.82) is 0 Å². The number of nitrogens with zero attached hydrogens (tertiary/aromatic N) is 2. The van der Waals surface area contributed by atoms with Crippen LogP contribution in [0.15, 0.2) is 0 Å². The van der Waals surface area contributed by atoms with E-state index in [0.29, 0.717) is 17.4 Å². The quantitative estimate of drug-likeness (QED) is 0.889. The number of aryl methyl sites for hydroxylation is 1. The highest BCUT2D eigenvalue weighted by Crippen LogP contribution is 2.28. The molecule has 1 aliphatic carbocycles. The molecule has 1 saturated carbocycles. The molecule has 1 amide bonds. The van der Waals surface area contributed by atoms with Gasteiger partial charge in [-0.15, -0.1) is 0 Å². The molecule has 0 unspecified atom stereocenters. The Morgan fingerprint density at radius 1 is 1.40 bits per heavy atom. The standard InChI is InChI=1S/C15H26N4O/c1-4-5-12-13(16)14(18-17-12)15(20)19(3)11-8-6-10(2)7-9-11/h10-11H,4-9,16H2,1-3H3,(H,17,18). The molecule has 2 rings (SSSR count). The zero-order valence-electron chi connectivity index (χ0n) is 12.8. The first-order valence-electron chi connectivity index (χ1n) is 7.64. The lowest BCUT2D eigenvalue weighted by Crippen LogP contribution is -2.39. The maximum absolute atomic E-state index is 12.5. The van der Waals surface area contributed by atoms with E-state index in [1.807, 2.05) is 11.9 Å². The molecular formula is C15H26N4O. The zero-order valence-corrected chi connectivity index (χ0v) is 12.8. The predicted molar refractivity (Wildman–Crippen MR) is 80.5 cm³/mol. The average Bonchev–Trinajstić information content (AvgIpc) is 2.80. The van der Waals surface area contributed by atoms with Gasteiger partial charge in [-0.05, 0) is 38.0 Å². The molecule has 0 saturated heterocycles. The van der Waals surface area contributed by atoms with Crippen molar-refractivity contribution in [2.75, 3.05) is 12.8 Å². The summed E-state index contributed by atoms with van der Waals surface area (Å²) in [5, 5.41) is 7.02. The highest BCUT2D eigenvalue weighted by Gasteiger charge is 2.28. The van der Waals surface area contributed by atoms with Gasteiger partial charge in [-0.25, -0.2) is 0 Å². The molecule has 112 valence electrons. The van der Waals surface area contributed by atoms with Gasteiger partial charge in [0.2, 0.25) is 0 Å². The Labute approximate surface area is 120 Å². The number of anilines is 1. The topological polar surface area (TPSA) is 75.0 Å². The minimum absolute atomic E-state index is 0.0549. The Kier molecular flexibility index (Phi) is 4.68. The van der Waals surface area contributed by atoms with Gasteiger partial charge < -0.3 is 10.6 Å². The fourth-order valence-corrected chi connectivity index (χ4v) is 2.95. The SMILES string of the molecule is CCCc1[nH]nc(C(=O)N(C)C2CCC(C)CC2)c1N. The molecule has 0 spiro atoms. The molecule has 5 nitrogen and oxygen atoms in total. The highest BCUT2D eigenvalue weighted by molar-refractivity contribution is 5.97. The first kappa shape index (κ1) is 14.9. The van der Waals surface area contributed by atoms with Crippen molar-refractivity contribution in [2.24, 2.45) is 5.92 Å². The van der Waals surface area contributed by atoms with E-state index in [1.54, 1.807) is 0 Å². The number of nitrogens with one attached hydrogen (secondary N) is 1. The van der Waals surface area contributed by atoms with Crippen LogP contribution in [0.2, 0.25) is 0 Å². The summed E-state index contributed by atoms with van der Waals surface area (Å²) in [6.07, 6.45) is 6.36. The molecule has 0 bridgehead atoms. The van der Waals surface area contributed by atoms with Gasteiger partial charge in [-0.1, -0.05) is 20.3 Å². The molecule has 0 aliphatic heterocycles. The van der Waals surface area contributed by atoms with Crippen LogP contribution >= 0.6 is 0 Å². The van der Waals surface area contributed by atoms with Crippen LogP contribution in [0, 0.1) is 5.92 Å². The largest absolute Gasteiger partial charge is 0.395 e. The van der Waals surface area contributed by atoms with Crippen LogP contribution in [0.4, 0.5) is 5.69 Å². The molecule has 1 aromatic heterocycles. The maximum atomic E-state index is 12.5. The van der Waals surface area contributed by atoms with Crippen LogP contribution in [0.3, 0.4) is 0 Å². The van der Waals surface area contributed by atoms with Crippen molar-refractivity contribution in [3.8, 4) is 0 Å². The zero-order chi connectivity index (χ0) is 14.7. The fraction of sp³-hybridized carbons (Fsp3) is 0.733. The average molecular weight is 278 g/mol. The van der Waals surface area contributed by atoms with E-state index in [4.69, 9.17) is 5.73 Å². The first-order chi connectivity index (χ1) is 9.54. The number of H-pyrrole nitrogens is 1. The van der Waals surface area contributed by atoms with Crippen LogP contribution in [0.1, 0.15) is 62.1 Å². The number of amides is 1. The van der Waals surface area contributed by atoms with Gasteiger partial charge >= 0.3 is 0 Å². The van der Waals surface area contributed by atoms with Crippen molar-refractivity contribution in [1.82, 2.24) is 15.1 Å². The van der Waals surface area contributed by atoms with E-state index < -0.39 is 0 Å². The molecular weight excluding hydrogens is 252 g/mol. The number of hydrogen-bond donors (Lipinski definition) is 2. The third-order valence-electron chi connectivity index (χ3n) is 4.44. The Balaban J connectivity index is 2.06. The van der Waals surface area contributed by atoms with Gasteiger partial charge in [-0.2, -0.15) is 5.10 Å². The third kappa shape index (κ3) is 2.97. The molecule has 0 radical (unpaired) electrons. The molecule has 1 aliphatic rings. The van der Waals surface area contributed by atoms with Crippen LogP contribution in [-0.4, -0.2) is 34.1 Å². The number of nitrogen functional groups attached to an aromatic ring is 1. The fourth-order valence-electron chi connectivity index (χ4n) is 2.95. The highest BCUT2D eigenvalue weighted by atomic mass is 16.2. The Morgan fingerprint density at radius 2 is 2.05 bits per heavy atom. The molecule has 3 N–H and O–H groups in total. The van der Waals surface area contributed by atoms with Crippen molar-refractivity contribution in [3.63, 3.8) is 0 Å². The molecule has 1 aromatic rings. The summed E-state index contributed by atoms with van der Waals surface area (Å²) in [4.78, 5) is 14.4. The number of nitrogens with two attached hydrogens (primary N) is 1. The Morgan fingerprint density at radius 3 is 2.65 bits per heavy atom. The lowest BCUT2D eigenvalue weighted by atomic mass is 9.86. The number of rotatable bonds is 4. The summed E-state index contributed by atoms with van der Waals surface area (Å²) in [6, 6.07) is 0.324. The van der Waals surface area contributed by atoms with Crippen LogP contribution in [-0.2, 0) is 6.42 Å². The van der Waals surface area contributed by atoms with Crippen LogP contribution in [0.25, 0.3) is 0 Å². The number of aromatic nitrogens is 2. The summed E-state index contributed by atoms with van der Waals surface area (Å²) in [5.41, 5.74) is 7.82. The monoisotopic (exact) mass is 278 g/mol. The minimum Gasteiger partial charge on any atom is -0.395 e. The summed E-state index contributed by atoms with van der Waals surface area (Å²) in [6.45, 7) is 4.36.